The molecule has 3 aromatic rings. The van der Waals surface area contributed by atoms with Crippen LogP contribution >= 0.6 is 0 Å². The summed E-state index contributed by atoms with van der Waals surface area (Å²) in [4.78, 5) is 31.2. The summed E-state index contributed by atoms with van der Waals surface area (Å²) < 4.78 is 7.76. The molecule has 120 valence electrons. The molecule has 8 nitrogen and oxygen atoms in total. The van der Waals surface area contributed by atoms with E-state index in [0.717, 1.165) is 16.0 Å². The Labute approximate surface area is 131 Å². The number of nitrogens with zero attached hydrogens (tertiary/aromatic N) is 3. The minimum Gasteiger partial charge on any atom is -0.494 e. The van der Waals surface area contributed by atoms with Crippen LogP contribution in [0, 0.1) is 0 Å². The average Bonchev–Trinajstić information content (AvgIpc) is 2.97. The van der Waals surface area contributed by atoms with Crippen LogP contribution in [0.3, 0.4) is 0 Å². The van der Waals surface area contributed by atoms with Crippen LogP contribution in [0.2, 0.25) is 0 Å². The van der Waals surface area contributed by atoms with Crippen LogP contribution in [-0.2, 0) is 14.1 Å². The van der Waals surface area contributed by atoms with Crippen molar-refractivity contribution in [1.82, 2.24) is 19.1 Å². The summed E-state index contributed by atoms with van der Waals surface area (Å²) in [6, 6.07) is 7.36. The first-order valence-corrected chi connectivity index (χ1v) is 7.17. The van der Waals surface area contributed by atoms with Crippen molar-refractivity contribution in [2.45, 2.75) is 6.92 Å². The van der Waals surface area contributed by atoms with Crippen LogP contribution in [-0.4, -0.2) is 25.7 Å². The first-order valence-electron chi connectivity index (χ1n) is 7.17. The number of aromatic nitrogens is 4. The number of anilines is 2. The Kier molecular flexibility index (Phi) is 3.65. The van der Waals surface area contributed by atoms with Gasteiger partial charge in [-0.05, 0) is 31.2 Å². The number of H-pyrrole nitrogens is 1. The third kappa shape index (κ3) is 2.59. The van der Waals surface area contributed by atoms with E-state index in [0.29, 0.717) is 18.2 Å². The molecule has 0 spiro atoms. The minimum atomic E-state index is -0.415. The maximum Gasteiger partial charge on any atom is 0.332 e. The molecule has 8 heteroatoms. The molecule has 1 aromatic carbocycles. The van der Waals surface area contributed by atoms with Crippen molar-refractivity contribution in [3.63, 3.8) is 0 Å². The number of hydrogen-bond donors (Lipinski definition) is 2. The molecule has 0 unspecified atom stereocenters. The van der Waals surface area contributed by atoms with Crippen LogP contribution in [0.1, 0.15) is 6.92 Å². The predicted molar refractivity (Wildman–Crippen MR) is 87.5 cm³/mol. The maximum absolute atomic E-state index is 12.1. The molecule has 0 amide bonds. The van der Waals surface area contributed by atoms with Gasteiger partial charge >= 0.3 is 5.69 Å². The molecule has 0 radical (unpaired) electrons. The first kappa shape index (κ1) is 14.9. The summed E-state index contributed by atoms with van der Waals surface area (Å²) >= 11 is 0. The molecule has 0 bridgehead atoms. The van der Waals surface area contributed by atoms with Gasteiger partial charge in [0.15, 0.2) is 11.2 Å². The number of fused-ring (bicyclic) bond motifs is 1. The Morgan fingerprint density at radius 1 is 1.17 bits per heavy atom. The van der Waals surface area contributed by atoms with E-state index in [9.17, 15) is 9.59 Å². The van der Waals surface area contributed by atoms with Gasteiger partial charge < -0.3 is 15.0 Å². The molecule has 0 aliphatic rings. The molecular weight excluding hydrogens is 298 g/mol. The molecule has 3 rings (SSSR count). The van der Waals surface area contributed by atoms with Crippen molar-refractivity contribution in [1.29, 1.82) is 0 Å². The minimum absolute atomic E-state index is 0.281. The van der Waals surface area contributed by atoms with Gasteiger partial charge in [-0.15, -0.1) is 0 Å². The summed E-state index contributed by atoms with van der Waals surface area (Å²) in [5, 5.41) is 3.07. The zero-order valence-electron chi connectivity index (χ0n) is 13.1. The number of aromatic amines is 1. The zero-order valence-corrected chi connectivity index (χ0v) is 13.1. The second kappa shape index (κ2) is 5.64. The summed E-state index contributed by atoms with van der Waals surface area (Å²) in [6.45, 7) is 2.53. The SMILES string of the molecule is CCOc1ccc(Nc2nc3c([nH]2)c(=O)n(C)c(=O)n3C)cc1. The van der Waals surface area contributed by atoms with Gasteiger partial charge in [0, 0.05) is 19.8 Å². The highest BCUT2D eigenvalue weighted by Crippen LogP contribution is 2.19. The molecule has 2 heterocycles. The summed E-state index contributed by atoms with van der Waals surface area (Å²) in [7, 11) is 3.01. The number of ether oxygens (including phenoxy) is 1. The summed E-state index contributed by atoms with van der Waals surface area (Å²) in [5.41, 5.74) is 0.556. The summed E-state index contributed by atoms with van der Waals surface area (Å²) in [6.07, 6.45) is 0. The number of hydrogen-bond acceptors (Lipinski definition) is 5. The van der Waals surface area contributed by atoms with E-state index >= 15 is 0 Å². The lowest BCUT2D eigenvalue weighted by Gasteiger charge is -2.05. The highest BCUT2D eigenvalue weighted by atomic mass is 16.5. The van der Waals surface area contributed by atoms with Crippen molar-refractivity contribution in [3.8, 4) is 5.75 Å². The van der Waals surface area contributed by atoms with Crippen LogP contribution in [0.5, 0.6) is 5.75 Å². The van der Waals surface area contributed by atoms with Crippen LogP contribution in [0.4, 0.5) is 11.6 Å². The maximum atomic E-state index is 12.1. The smallest absolute Gasteiger partial charge is 0.332 e. The van der Waals surface area contributed by atoms with Crippen molar-refractivity contribution >= 4 is 22.8 Å². The fourth-order valence-electron chi connectivity index (χ4n) is 2.32. The van der Waals surface area contributed by atoms with E-state index < -0.39 is 11.2 Å². The van der Waals surface area contributed by atoms with E-state index in [-0.39, 0.29) is 5.52 Å². The van der Waals surface area contributed by atoms with Crippen LogP contribution in [0.25, 0.3) is 11.2 Å². The fraction of sp³-hybridized carbons (Fsp3) is 0.267. The number of rotatable bonds is 4. The van der Waals surface area contributed by atoms with Crippen molar-refractivity contribution in [2.75, 3.05) is 11.9 Å². The lowest BCUT2D eigenvalue weighted by molar-refractivity contribution is 0.340. The Morgan fingerprint density at radius 2 is 1.87 bits per heavy atom. The molecule has 0 saturated heterocycles. The Hall–Kier alpha value is -3.03. The third-order valence-electron chi connectivity index (χ3n) is 3.52. The quantitative estimate of drug-likeness (QED) is 0.752. The second-order valence-electron chi connectivity index (χ2n) is 5.07. The van der Waals surface area contributed by atoms with Gasteiger partial charge in [-0.3, -0.25) is 13.9 Å². The lowest BCUT2D eigenvalue weighted by atomic mass is 10.3. The monoisotopic (exact) mass is 315 g/mol. The van der Waals surface area contributed by atoms with Crippen molar-refractivity contribution < 1.29 is 4.74 Å². The van der Waals surface area contributed by atoms with Gasteiger partial charge in [0.05, 0.1) is 6.61 Å². The molecule has 0 aliphatic carbocycles. The van der Waals surface area contributed by atoms with E-state index in [1.165, 1.54) is 11.6 Å². The first-order chi connectivity index (χ1) is 11.0. The van der Waals surface area contributed by atoms with Crippen LogP contribution < -0.4 is 21.3 Å². The molecule has 0 aliphatic heterocycles. The molecule has 0 saturated carbocycles. The highest BCUT2D eigenvalue weighted by molar-refractivity contribution is 5.74. The second-order valence-corrected chi connectivity index (χ2v) is 5.07. The Bertz CT molecular complexity index is 966. The number of nitrogens with one attached hydrogen (secondary N) is 2. The highest BCUT2D eigenvalue weighted by Gasteiger charge is 2.13. The lowest BCUT2D eigenvalue weighted by Crippen LogP contribution is -2.36. The number of imidazole rings is 1. The molecule has 23 heavy (non-hydrogen) atoms. The average molecular weight is 315 g/mol. The van der Waals surface area contributed by atoms with E-state index in [1.54, 1.807) is 7.05 Å². The Morgan fingerprint density at radius 3 is 2.52 bits per heavy atom. The predicted octanol–water partition coefficient (Wildman–Crippen LogP) is 1.10. The summed E-state index contributed by atoms with van der Waals surface area (Å²) in [5.74, 6) is 1.17. The van der Waals surface area contributed by atoms with Crippen LogP contribution in [0.15, 0.2) is 33.9 Å². The number of benzene rings is 1. The molecular formula is C15H17N5O3. The standard InChI is InChI=1S/C15H17N5O3/c1-4-23-10-7-5-9(6-8-10)16-14-17-11-12(18-14)19(2)15(22)20(3)13(11)21/h5-8H,4H2,1-3H3,(H2,16,17,18). The van der Waals surface area contributed by atoms with Gasteiger partial charge in [0.25, 0.3) is 5.56 Å². The zero-order chi connectivity index (χ0) is 16.6. The topological polar surface area (TPSA) is 93.9 Å². The van der Waals surface area contributed by atoms with Gasteiger partial charge in [-0.2, -0.15) is 4.98 Å². The molecule has 0 atom stereocenters. The molecule has 0 fully saturated rings. The van der Waals surface area contributed by atoms with E-state index in [2.05, 4.69) is 15.3 Å². The molecule has 2 aromatic heterocycles. The van der Waals surface area contributed by atoms with Gasteiger partial charge in [-0.1, -0.05) is 0 Å². The van der Waals surface area contributed by atoms with E-state index in [4.69, 9.17) is 4.74 Å². The molecule has 2 N–H and O–H groups in total. The van der Waals surface area contributed by atoms with E-state index in [1.807, 2.05) is 31.2 Å². The van der Waals surface area contributed by atoms with Crippen molar-refractivity contribution in [2.24, 2.45) is 14.1 Å². The third-order valence-corrected chi connectivity index (χ3v) is 3.52. The number of aryl methyl sites for hydroxylation is 1. The van der Waals surface area contributed by atoms with Crippen molar-refractivity contribution in [3.05, 3.63) is 45.1 Å². The largest absolute Gasteiger partial charge is 0.494 e. The normalized spacial score (nSPS) is 10.9. The fourth-order valence-corrected chi connectivity index (χ4v) is 2.32. The Balaban J connectivity index is 1.98. The van der Waals surface area contributed by atoms with Gasteiger partial charge in [0.2, 0.25) is 5.95 Å². The van der Waals surface area contributed by atoms with Gasteiger partial charge in [0.1, 0.15) is 5.75 Å². The van der Waals surface area contributed by atoms with Gasteiger partial charge in [-0.25, -0.2) is 4.79 Å².